The molecule has 0 radical (unpaired) electrons. The highest BCUT2D eigenvalue weighted by Crippen LogP contribution is 2.20. The van der Waals surface area contributed by atoms with Crippen molar-refractivity contribution in [2.24, 2.45) is 0 Å². The summed E-state index contributed by atoms with van der Waals surface area (Å²) in [6, 6.07) is 13.7. The minimum atomic E-state index is 0.653. The minimum absolute atomic E-state index is 0.653. The Balaban J connectivity index is 2.16. The van der Waals surface area contributed by atoms with E-state index in [0.717, 1.165) is 16.9 Å². The highest BCUT2D eigenvalue weighted by Gasteiger charge is 2.04. The summed E-state index contributed by atoms with van der Waals surface area (Å²) in [5, 5.41) is 8.91. The smallest absolute Gasteiger partial charge is 0.137 e. The van der Waals surface area contributed by atoms with Gasteiger partial charge in [-0.1, -0.05) is 12.1 Å². The Hall–Kier alpha value is -2.60. The van der Waals surface area contributed by atoms with Crippen LogP contribution in [0.3, 0.4) is 0 Å². The average molecular weight is 233 g/mol. The van der Waals surface area contributed by atoms with Crippen molar-refractivity contribution in [3.63, 3.8) is 0 Å². The third-order valence-electron chi connectivity index (χ3n) is 2.90. The van der Waals surface area contributed by atoms with Crippen LogP contribution in [0, 0.1) is 18.3 Å². The summed E-state index contributed by atoms with van der Waals surface area (Å²) in [7, 11) is 0. The minimum Gasteiger partial charge on any atom is -0.306 e. The summed E-state index contributed by atoms with van der Waals surface area (Å²) in [5.41, 5.74) is 4.62. The maximum absolute atomic E-state index is 8.91. The molecule has 3 rings (SSSR count). The quantitative estimate of drug-likeness (QED) is 0.647. The predicted octanol–water partition coefficient (Wildman–Crippen LogP) is 3.18. The highest BCUT2D eigenvalue weighted by molar-refractivity contribution is 5.64. The molecule has 1 aromatic carbocycles. The van der Waals surface area contributed by atoms with Crippen molar-refractivity contribution in [2.45, 2.75) is 6.92 Å². The van der Waals surface area contributed by atoms with Gasteiger partial charge in [0.2, 0.25) is 0 Å². The van der Waals surface area contributed by atoms with Gasteiger partial charge in [-0.15, -0.1) is 0 Å². The maximum Gasteiger partial charge on any atom is 0.137 e. The maximum atomic E-state index is 8.91. The van der Waals surface area contributed by atoms with Gasteiger partial charge >= 0.3 is 0 Å². The molecular weight excluding hydrogens is 222 g/mol. The van der Waals surface area contributed by atoms with Gasteiger partial charge in [-0.3, -0.25) is 0 Å². The Kier molecular flexibility index (Phi) is 2.35. The Morgan fingerprint density at radius 1 is 1.22 bits per heavy atom. The molecule has 0 bridgehead atoms. The molecule has 0 saturated carbocycles. The van der Waals surface area contributed by atoms with Crippen molar-refractivity contribution in [1.82, 2.24) is 9.38 Å². The topological polar surface area (TPSA) is 41.1 Å². The highest BCUT2D eigenvalue weighted by atomic mass is 15.0. The summed E-state index contributed by atoms with van der Waals surface area (Å²) in [5.74, 6) is 0. The third-order valence-corrected chi connectivity index (χ3v) is 2.90. The van der Waals surface area contributed by atoms with E-state index < -0.39 is 0 Å². The zero-order valence-electron chi connectivity index (χ0n) is 9.96. The van der Waals surface area contributed by atoms with E-state index in [1.54, 1.807) is 6.07 Å². The molecule has 0 aliphatic rings. The number of rotatable bonds is 1. The fraction of sp³-hybridized carbons (Fsp3) is 0.0667. The predicted molar refractivity (Wildman–Crippen MR) is 70.1 cm³/mol. The molecule has 0 atom stereocenters. The van der Waals surface area contributed by atoms with Crippen LogP contribution in [0.4, 0.5) is 0 Å². The van der Waals surface area contributed by atoms with Crippen LogP contribution in [0.2, 0.25) is 0 Å². The number of hydrogen-bond donors (Lipinski definition) is 0. The number of nitrogens with zero attached hydrogens (tertiary/aromatic N) is 3. The molecule has 0 unspecified atom stereocenters. The number of benzene rings is 1. The van der Waals surface area contributed by atoms with Crippen LogP contribution in [0.5, 0.6) is 0 Å². The molecular formula is C15H11N3. The van der Waals surface area contributed by atoms with Crippen molar-refractivity contribution in [3.8, 4) is 17.3 Å². The first-order chi connectivity index (χ1) is 8.76. The number of imidazole rings is 1. The van der Waals surface area contributed by atoms with Crippen LogP contribution in [0.15, 0.2) is 48.8 Å². The SMILES string of the molecule is Cc1ccn2cc(-c3cccc(C#N)c3)nc2c1. The lowest BCUT2D eigenvalue weighted by atomic mass is 10.1. The molecule has 2 heterocycles. The zero-order valence-corrected chi connectivity index (χ0v) is 9.96. The van der Waals surface area contributed by atoms with Gasteiger partial charge in [0.05, 0.1) is 17.3 Å². The third kappa shape index (κ3) is 1.74. The number of pyridine rings is 1. The Labute approximate surface area is 105 Å². The van der Waals surface area contributed by atoms with Crippen molar-refractivity contribution in [1.29, 1.82) is 5.26 Å². The molecule has 3 aromatic rings. The van der Waals surface area contributed by atoms with Crippen molar-refractivity contribution >= 4 is 5.65 Å². The van der Waals surface area contributed by atoms with Crippen LogP contribution in [-0.2, 0) is 0 Å². The van der Waals surface area contributed by atoms with E-state index in [0.29, 0.717) is 5.56 Å². The second-order valence-electron chi connectivity index (χ2n) is 4.29. The summed E-state index contributed by atoms with van der Waals surface area (Å²) in [4.78, 5) is 4.57. The molecule has 0 fully saturated rings. The average Bonchev–Trinajstić information content (AvgIpc) is 2.81. The van der Waals surface area contributed by atoms with Crippen LogP contribution in [0.25, 0.3) is 16.9 Å². The number of aromatic nitrogens is 2. The second kappa shape index (κ2) is 4.01. The van der Waals surface area contributed by atoms with Crippen LogP contribution in [0.1, 0.15) is 11.1 Å². The lowest BCUT2D eigenvalue weighted by molar-refractivity contribution is 1.17. The van der Waals surface area contributed by atoms with Gasteiger partial charge in [-0.2, -0.15) is 5.26 Å². The van der Waals surface area contributed by atoms with Crippen LogP contribution >= 0.6 is 0 Å². The molecule has 0 amide bonds. The largest absolute Gasteiger partial charge is 0.306 e. The van der Waals surface area contributed by atoms with E-state index in [4.69, 9.17) is 5.26 Å². The number of hydrogen-bond acceptors (Lipinski definition) is 2. The molecule has 0 N–H and O–H groups in total. The first-order valence-electron chi connectivity index (χ1n) is 5.72. The van der Waals surface area contributed by atoms with E-state index >= 15 is 0 Å². The van der Waals surface area contributed by atoms with Gasteiger partial charge in [0.25, 0.3) is 0 Å². The lowest BCUT2D eigenvalue weighted by Crippen LogP contribution is -1.81. The summed E-state index contributed by atoms with van der Waals surface area (Å²) >= 11 is 0. The molecule has 0 aliphatic heterocycles. The molecule has 0 spiro atoms. The molecule has 3 nitrogen and oxygen atoms in total. The van der Waals surface area contributed by atoms with E-state index in [2.05, 4.69) is 11.1 Å². The fourth-order valence-electron chi connectivity index (χ4n) is 1.97. The summed E-state index contributed by atoms with van der Waals surface area (Å²) in [6.07, 6.45) is 3.97. The fourth-order valence-corrected chi connectivity index (χ4v) is 1.97. The zero-order chi connectivity index (χ0) is 12.5. The molecule has 18 heavy (non-hydrogen) atoms. The van der Waals surface area contributed by atoms with Crippen LogP contribution < -0.4 is 0 Å². The molecule has 3 heteroatoms. The monoisotopic (exact) mass is 233 g/mol. The van der Waals surface area contributed by atoms with Gasteiger partial charge < -0.3 is 4.40 Å². The number of fused-ring (bicyclic) bond motifs is 1. The molecule has 0 saturated heterocycles. The van der Waals surface area contributed by atoms with Crippen molar-refractivity contribution < 1.29 is 0 Å². The van der Waals surface area contributed by atoms with Crippen LogP contribution in [-0.4, -0.2) is 9.38 Å². The Morgan fingerprint density at radius 3 is 2.94 bits per heavy atom. The second-order valence-corrected chi connectivity index (χ2v) is 4.29. The molecule has 86 valence electrons. The number of nitriles is 1. The van der Waals surface area contributed by atoms with Gasteiger partial charge in [0.1, 0.15) is 5.65 Å². The van der Waals surface area contributed by atoms with Gasteiger partial charge in [0.15, 0.2) is 0 Å². The lowest BCUT2D eigenvalue weighted by Gasteiger charge is -1.95. The summed E-state index contributed by atoms with van der Waals surface area (Å²) < 4.78 is 1.99. The van der Waals surface area contributed by atoms with E-state index in [1.807, 2.05) is 54.0 Å². The molecule has 2 aromatic heterocycles. The molecule has 0 aliphatic carbocycles. The van der Waals surface area contributed by atoms with E-state index in [-0.39, 0.29) is 0 Å². The van der Waals surface area contributed by atoms with E-state index in [9.17, 15) is 0 Å². The van der Waals surface area contributed by atoms with Gasteiger partial charge in [-0.25, -0.2) is 4.98 Å². The standard InChI is InChI=1S/C15H11N3/c1-11-5-6-18-10-14(17-15(18)7-11)13-4-2-3-12(8-13)9-16/h2-8,10H,1H3. The summed E-state index contributed by atoms with van der Waals surface area (Å²) in [6.45, 7) is 2.05. The van der Waals surface area contributed by atoms with Gasteiger partial charge in [0, 0.05) is 18.0 Å². The van der Waals surface area contributed by atoms with Gasteiger partial charge in [-0.05, 0) is 36.8 Å². The van der Waals surface area contributed by atoms with Crippen molar-refractivity contribution in [2.75, 3.05) is 0 Å². The first-order valence-corrected chi connectivity index (χ1v) is 5.72. The van der Waals surface area contributed by atoms with E-state index in [1.165, 1.54) is 5.56 Å². The number of aryl methyl sites for hydroxylation is 1. The Morgan fingerprint density at radius 2 is 2.11 bits per heavy atom. The Bertz CT molecular complexity index is 763. The first kappa shape index (κ1) is 10.5. The normalized spacial score (nSPS) is 10.4. The van der Waals surface area contributed by atoms with Crippen molar-refractivity contribution in [3.05, 3.63) is 59.9 Å².